The van der Waals surface area contributed by atoms with Crippen molar-refractivity contribution in [2.24, 2.45) is 0 Å². The summed E-state index contributed by atoms with van der Waals surface area (Å²) in [6, 6.07) is 12.4. The SMILES string of the molecule is N#Cc1cccc(CNC(=O)NC[C@H](O)c2ccc(Cl)c(F)c2)c1. The first kappa shape index (κ1) is 17.7. The minimum Gasteiger partial charge on any atom is -0.387 e. The van der Waals surface area contributed by atoms with Gasteiger partial charge in [0.05, 0.1) is 22.8 Å². The molecule has 124 valence electrons. The number of amides is 2. The van der Waals surface area contributed by atoms with Crippen molar-refractivity contribution in [2.45, 2.75) is 12.6 Å². The Labute approximate surface area is 143 Å². The molecule has 3 N–H and O–H groups in total. The molecule has 0 spiro atoms. The van der Waals surface area contributed by atoms with E-state index in [4.69, 9.17) is 16.9 Å². The average Bonchev–Trinajstić information content (AvgIpc) is 2.60. The van der Waals surface area contributed by atoms with Crippen molar-refractivity contribution in [3.05, 3.63) is 70.0 Å². The van der Waals surface area contributed by atoms with Crippen molar-refractivity contribution >= 4 is 17.6 Å². The average molecular weight is 348 g/mol. The number of hydrogen-bond donors (Lipinski definition) is 3. The van der Waals surface area contributed by atoms with E-state index in [1.54, 1.807) is 24.3 Å². The highest BCUT2D eigenvalue weighted by atomic mass is 35.5. The van der Waals surface area contributed by atoms with Gasteiger partial charge in [0.15, 0.2) is 0 Å². The van der Waals surface area contributed by atoms with Gasteiger partial charge in [0.25, 0.3) is 0 Å². The summed E-state index contributed by atoms with van der Waals surface area (Å²) >= 11 is 5.58. The Morgan fingerprint density at radius 1 is 1.29 bits per heavy atom. The van der Waals surface area contributed by atoms with E-state index >= 15 is 0 Å². The number of aliphatic hydroxyl groups is 1. The lowest BCUT2D eigenvalue weighted by Gasteiger charge is -2.13. The van der Waals surface area contributed by atoms with Crippen molar-refractivity contribution in [1.29, 1.82) is 5.26 Å². The van der Waals surface area contributed by atoms with Gasteiger partial charge in [-0.05, 0) is 35.4 Å². The molecule has 2 rings (SSSR count). The highest BCUT2D eigenvalue weighted by molar-refractivity contribution is 6.30. The lowest BCUT2D eigenvalue weighted by molar-refractivity contribution is 0.172. The Hall–Kier alpha value is -2.62. The maximum absolute atomic E-state index is 13.3. The van der Waals surface area contributed by atoms with Crippen LogP contribution >= 0.6 is 11.6 Å². The van der Waals surface area contributed by atoms with E-state index in [0.29, 0.717) is 11.1 Å². The molecule has 24 heavy (non-hydrogen) atoms. The van der Waals surface area contributed by atoms with Crippen molar-refractivity contribution in [2.75, 3.05) is 6.54 Å². The van der Waals surface area contributed by atoms with Gasteiger partial charge in [-0.2, -0.15) is 5.26 Å². The van der Waals surface area contributed by atoms with E-state index in [-0.39, 0.29) is 18.1 Å². The van der Waals surface area contributed by atoms with E-state index in [1.807, 2.05) is 6.07 Å². The second kappa shape index (κ2) is 8.29. The molecule has 0 radical (unpaired) electrons. The van der Waals surface area contributed by atoms with Crippen LogP contribution in [0.4, 0.5) is 9.18 Å². The van der Waals surface area contributed by atoms with Gasteiger partial charge in [-0.1, -0.05) is 29.8 Å². The van der Waals surface area contributed by atoms with Gasteiger partial charge in [0, 0.05) is 13.1 Å². The molecule has 0 saturated heterocycles. The predicted octanol–water partition coefficient (Wildman–Crippen LogP) is 2.88. The van der Waals surface area contributed by atoms with Crippen molar-refractivity contribution in [1.82, 2.24) is 10.6 Å². The highest BCUT2D eigenvalue weighted by Gasteiger charge is 2.11. The molecular formula is C17H15ClFN3O2. The first-order chi connectivity index (χ1) is 11.5. The van der Waals surface area contributed by atoms with Crippen LogP contribution in [0.5, 0.6) is 0 Å². The number of hydrogen-bond acceptors (Lipinski definition) is 3. The van der Waals surface area contributed by atoms with E-state index < -0.39 is 18.0 Å². The zero-order valence-corrected chi connectivity index (χ0v) is 13.3. The lowest BCUT2D eigenvalue weighted by Crippen LogP contribution is -2.37. The van der Waals surface area contributed by atoms with Gasteiger partial charge in [0.2, 0.25) is 0 Å². The third kappa shape index (κ3) is 4.95. The maximum Gasteiger partial charge on any atom is 0.315 e. The number of carbonyl (C=O) groups excluding carboxylic acids is 1. The number of aliphatic hydroxyl groups excluding tert-OH is 1. The fourth-order valence-electron chi connectivity index (χ4n) is 2.02. The smallest absolute Gasteiger partial charge is 0.315 e. The third-order valence-corrected chi connectivity index (χ3v) is 3.60. The van der Waals surface area contributed by atoms with Crippen LogP contribution in [0, 0.1) is 17.1 Å². The Bertz CT molecular complexity index is 777. The van der Waals surface area contributed by atoms with Gasteiger partial charge in [-0.15, -0.1) is 0 Å². The molecule has 0 unspecified atom stereocenters. The van der Waals surface area contributed by atoms with E-state index in [2.05, 4.69) is 10.6 Å². The molecule has 5 nitrogen and oxygen atoms in total. The zero-order valence-electron chi connectivity index (χ0n) is 12.6. The van der Waals surface area contributed by atoms with E-state index in [1.165, 1.54) is 12.1 Å². The topological polar surface area (TPSA) is 85.2 Å². The Kier molecular flexibility index (Phi) is 6.13. The molecule has 2 aromatic rings. The van der Waals surface area contributed by atoms with Crippen LogP contribution in [-0.2, 0) is 6.54 Å². The summed E-state index contributed by atoms with van der Waals surface area (Å²) in [5, 5.41) is 23.8. The number of carbonyl (C=O) groups is 1. The van der Waals surface area contributed by atoms with Crippen molar-refractivity contribution in [3.8, 4) is 6.07 Å². The minimum absolute atomic E-state index is 0.0312. The number of halogens is 2. The number of nitrogens with zero attached hydrogens (tertiary/aromatic N) is 1. The molecular weight excluding hydrogens is 333 g/mol. The normalized spacial score (nSPS) is 11.4. The predicted molar refractivity (Wildman–Crippen MR) is 87.8 cm³/mol. The van der Waals surface area contributed by atoms with Crippen molar-refractivity contribution < 1.29 is 14.3 Å². The summed E-state index contributed by atoms with van der Waals surface area (Å²) < 4.78 is 13.3. The maximum atomic E-state index is 13.3. The first-order valence-electron chi connectivity index (χ1n) is 7.13. The molecule has 2 aromatic carbocycles. The van der Waals surface area contributed by atoms with Crippen molar-refractivity contribution in [3.63, 3.8) is 0 Å². The van der Waals surface area contributed by atoms with Gasteiger partial charge < -0.3 is 15.7 Å². The van der Waals surface area contributed by atoms with Crippen LogP contribution in [-0.4, -0.2) is 17.7 Å². The summed E-state index contributed by atoms with van der Waals surface area (Å²) in [4.78, 5) is 11.7. The Morgan fingerprint density at radius 3 is 2.79 bits per heavy atom. The summed E-state index contributed by atoms with van der Waals surface area (Å²) in [5.41, 5.74) is 1.61. The monoisotopic (exact) mass is 347 g/mol. The standard InChI is InChI=1S/C17H15ClFN3O2/c18-14-5-4-13(7-15(14)19)16(23)10-22-17(24)21-9-12-3-1-2-11(6-12)8-20/h1-7,16,23H,9-10H2,(H2,21,22,24)/t16-/m0/s1. The number of nitrogens with one attached hydrogen (secondary N) is 2. The molecule has 0 aliphatic rings. The largest absolute Gasteiger partial charge is 0.387 e. The van der Waals surface area contributed by atoms with Crippen LogP contribution < -0.4 is 10.6 Å². The minimum atomic E-state index is -1.05. The molecule has 0 aliphatic carbocycles. The van der Waals surface area contributed by atoms with E-state index in [9.17, 15) is 14.3 Å². The third-order valence-electron chi connectivity index (χ3n) is 3.29. The summed E-state index contributed by atoms with van der Waals surface area (Å²) in [5.74, 6) is -0.630. The van der Waals surface area contributed by atoms with E-state index in [0.717, 1.165) is 11.6 Å². The van der Waals surface area contributed by atoms with Gasteiger partial charge in [-0.3, -0.25) is 0 Å². The Morgan fingerprint density at radius 2 is 2.08 bits per heavy atom. The summed E-state index contributed by atoms with van der Waals surface area (Å²) in [6.07, 6.45) is -1.05. The quantitative estimate of drug-likeness (QED) is 0.777. The molecule has 0 aliphatic heterocycles. The first-order valence-corrected chi connectivity index (χ1v) is 7.51. The fourth-order valence-corrected chi connectivity index (χ4v) is 2.14. The highest BCUT2D eigenvalue weighted by Crippen LogP contribution is 2.19. The fraction of sp³-hybridized carbons (Fsp3) is 0.176. The number of nitriles is 1. The van der Waals surface area contributed by atoms with Crippen LogP contribution in [0.2, 0.25) is 5.02 Å². The molecule has 0 saturated carbocycles. The van der Waals surface area contributed by atoms with Crippen LogP contribution in [0.3, 0.4) is 0 Å². The molecule has 7 heteroatoms. The summed E-state index contributed by atoms with van der Waals surface area (Å²) in [6.45, 7) is 0.165. The van der Waals surface area contributed by atoms with Crippen LogP contribution in [0.25, 0.3) is 0 Å². The molecule has 2 amide bonds. The lowest BCUT2D eigenvalue weighted by atomic mass is 10.1. The van der Waals surface area contributed by atoms with Gasteiger partial charge in [0.1, 0.15) is 5.82 Å². The van der Waals surface area contributed by atoms with Crippen LogP contribution in [0.15, 0.2) is 42.5 Å². The molecule has 0 bridgehead atoms. The number of urea groups is 1. The summed E-state index contributed by atoms with van der Waals surface area (Å²) in [7, 11) is 0. The zero-order chi connectivity index (χ0) is 17.5. The van der Waals surface area contributed by atoms with Gasteiger partial charge in [-0.25, -0.2) is 9.18 Å². The molecule has 0 heterocycles. The second-order valence-electron chi connectivity index (χ2n) is 5.07. The molecule has 0 aromatic heterocycles. The number of benzene rings is 2. The van der Waals surface area contributed by atoms with Crippen LogP contribution in [0.1, 0.15) is 22.8 Å². The Balaban J connectivity index is 1.82. The molecule has 0 fully saturated rings. The molecule has 1 atom stereocenters. The second-order valence-corrected chi connectivity index (χ2v) is 5.47. The number of rotatable bonds is 5. The van der Waals surface area contributed by atoms with Gasteiger partial charge >= 0.3 is 6.03 Å².